The largest absolute Gasteiger partial charge is 0.338 e. The second kappa shape index (κ2) is 8.83. The van der Waals surface area contributed by atoms with Crippen molar-refractivity contribution in [2.75, 3.05) is 13.1 Å². The number of hydrogen-bond acceptors (Lipinski definition) is 3. The summed E-state index contributed by atoms with van der Waals surface area (Å²) < 4.78 is 0. The van der Waals surface area contributed by atoms with Crippen LogP contribution in [0, 0.1) is 5.92 Å². The molecule has 1 rings (SSSR count). The molecule has 0 bridgehead atoms. The van der Waals surface area contributed by atoms with Gasteiger partial charge in [0.2, 0.25) is 5.91 Å². The number of imide groups is 1. The summed E-state index contributed by atoms with van der Waals surface area (Å²) in [5.74, 6) is -0.0133. The Morgan fingerprint density at radius 2 is 1.67 bits per heavy atom. The molecule has 0 aliphatic carbocycles. The van der Waals surface area contributed by atoms with Crippen LogP contribution in [-0.2, 0) is 10.2 Å². The monoisotopic (exact) mass is 333 g/mol. The van der Waals surface area contributed by atoms with E-state index in [1.165, 1.54) is 5.56 Å². The van der Waals surface area contributed by atoms with E-state index in [0.29, 0.717) is 12.5 Å². The average molecular weight is 333 g/mol. The van der Waals surface area contributed by atoms with Crippen molar-refractivity contribution in [2.24, 2.45) is 5.92 Å². The molecule has 0 fully saturated rings. The minimum absolute atomic E-state index is 0.0546. The van der Waals surface area contributed by atoms with Crippen molar-refractivity contribution in [2.45, 2.75) is 53.0 Å². The lowest BCUT2D eigenvalue weighted by Crippen LogP contribution is -2.44. The smallest absolute Gasteiger partial charge is 0.321 e. The highest BCUT2D eigenvalue weighted by atomic mass is 16.2. The Kier molecular flexibility index (Phi) is 7.42. The summed E-state index contributed by atoms with van der Waals surface area (Å²) in [4.78, 5) is 23.2. The number of amides is 3. The van der Waals surface area contributed by atoms with Crippen molar-refractivity contribution in [3.05, 3.63) is 35.4 Å². The maximum Gasteiger partial charge on any atom is 0.321 e. The molecule has 0 spiro atoms. The maximum atomic E-state index is 11.8. The first-order valence-electron chi connectivity index (χ1n) is 8.56. The van der Waals surface area contributed by atoms with E-state index in [9.17, 15) is 9.59 Å². The number of hydrogen-bond donors (Lipinski definition) is 3. The third kappa shape index (κ3) is 6.32. The van der Waals surface area contributed by atoms with Crippen LogP contribution in [0.4, 0.5) is 4.79 Å². The molecule has 1 atom stereocenters. The van der Waals surface area contributed by atoms with Crippen molar-refractivity contribution < 1.29 is 9.59 Å². The zero-order valence-electron chi connectivity index (χ0n) is 15.7. The van der Waals surface area contributed by atoms with Crippen LogP contribution >= 0.6 is 0 Å². The van der Waals surface area contributed by atoms with Gasteiger partial charge in [0.1, 0.15) is 0 Å². The molecule has 24 heavy (non-hydrogen) atoms. The fourth-order valence-corrected chi connectivity index (χ4v) is 2.51. The minimum atomic E-state index is -0.458. The van der Waals surface area contributed by atoms with E-state index in [-0.39, 0.29) is 23.9 Å². The highest BCUT2D eigenvalue weighted by Gasteiger charge is 2.19. The molecule has 1 unspecified atom stereocenters. The molecule has 0 aromatic heterocycles. The molecule has 1 aromatic carbocycles. The molecule has 0 saturated carbocycles. The molecule has 3 amide bonds. The lowest BCUT2D eigenvalue weighted by Gasteiger charge is -2.25. The van der Waals surface area contributed by atoms with Crippen LogP contribution < -0.4 is 16.0 Å². The van der Waals surface area contributed by atoms with Gasteiger partial charge in [0.05, 0.1) is 6.54 Å². The van der Waals surface area contributed by atoms with E-state index in [1.807, 2.05) is 0 Å². The first-order chi connectivity index (χ1) is 11.1. The highest BCUT2D eigenvalue weighted by Crippen LogP contribution is 2.26. The summed E-state index contributed by atoms with van der Waals surface area (Å²) in [6, 6.07) is 8.10. The van der Waals surface area contributed by atoms with Gasteiger partial charge in [-0.1, -0.05) is 58.9 Å². The number of carbonyl (C=O) groups excluding carboxylic acids is 2. The predicted octanol–water partition coefficient (Wildman–Crippen LogP) is 3.12. The zero-order chi connectivity index (χ0) is 18.3. The fraction of sp³-hybridized carbons (Fsp3) is 0.579. The average Bonchev–Trinajstić information content (AvgIpc) is 2.46. The first-order valence-corrected chi connectivity index (χ1v) is 8.56. The molecule has 0 aliphatic heterocycles. The van der Waals surface area contributed by atoms with Crippen LogP contribution in [0.2, 0.25) is 0 Å². The molecule has 134 valence electrons. The van der Waals surface area contributed by atoms with Gasteiger partial charge in [0.25, 0.3) is 0 Å². The summed E-state index contributed by atoms with van der Waals surface area (Å²) in [5.41, 5.74) is 2.54. The molecule has 0 saturated heterocycles. The molecular weight excluding hydrogens is 302 g/mol. The van der Waals surface area contributed by atoms with Crippen molar-refractivity contribution >= 4 is 11.9 Å². The lowest BCUT2D eigenvalue weighted by atomic mass is 9.85. The van der Waals surface area contributed by atoms with Gasteiger partial charge in [-0.25, -0.2) is 4.79 Å². The SMILES string of the molecule is CCNC(=O)NC(=O)CNC(c1ccc(C(C)(C)C)cc1)C(C)C. The van der Waals surface area contributed by atoms with E-state index in [2.05, 4.69) is 74.8 Å². The number of urea groups is 1. The quantitative estimate of drug-likeness (QED) is 0.749. The standard InChI is InChI=1S/C19H31N3O2/c1-7-20-18(24)22-16(23)12-21-17(13(2)3)14-8-10-15(11-9-14)19(4,5)6/h8-11,13,17,21H,7,12H2,1-6H3,(H2,20,22,23,24). The van der Waals surface area contributed by atoms with Gasteiger partial charge >= 0.3 is 6.03 Å². The summed E-state index contributed by atoms with van der Waals surface area (Å²) in [7, 11) is 0. The van der Waals surface area contributed by atoms with Crippen LogP contribution in [0.3, 0.4) is 0 Å². The Morgan fingerprint density at radius 1 is 1.08 bits per heavy atom. The molecular formula is C19H31N3O2. The van der Waals surface area contributed by atoms with E-state index < -0.39 is 6.03 Å². The third-order valence-electron chi connectivity index (χ3n) is 3.88. The molecule has 0 aliphatic rings. The third-order valence-corrected chi connectivity index (χ3v) is 3.88. The number of nitrogens with one attached hydrogen (secondary N) is 3. The Morgan fingerprint density at radius 3 is 2.12 bits per heavy atom. The normalized spacial score (nSPS) is 12.8. The molecule has 3 N–H and O–H groups in total. The van der Waals surface area contributed by atoms with Gasteiger partial charge in [-0.3, -0.25) is 10.1 Å². The predicted molar refractivity (Wildman–Crippen MR) is 97.9 cm³/mol. The zero-order valence-corrected chi connectivity index (χ0v) is 15.7. The lowest BCUT2D eigenvalue weighted by molar-refractivity contribution is -0.119. The van der Waals surface area contributed by atoms with Crippen LogP contribution in [-0.4, -0.2) is 25.0 Å². The second-order valence-electron chi connectivity index (χ2n) is 7.38. The maximum absolute atomic E-state index is 11.8. The van der Waals surface area contributed by atoms with E-state index in [1.54, 1.807) is 6.92 Å². The van der Waals surface area contributed by atoms with Gasteiger partial charge in [-0.2, -0.15) is 0 Å². The Hall–Kier alpha value is -1.88. The summed E-state index contributed by atoms with van der Waals surface area (Å²) in [5, 5.41) is 8.09. The Labute approximate surface area is 145 Å². The fourth-order valence-electron chi connectivity index (χ4n) is 2.51. The van der Waals surface area contributed by atoms with Gasteiger partial charge in [-0.15, -0.1) is 0 Å². The Bertz CT molecular complexity index is 545. The van der Waals surface area contributed by atoms with E-state index >= 15 is 0 Å². The van der Waals surface area contributed by atoms with Gasteiger partial charge in [-0.05, 0) is 29.4 Å². The molecule has 1 aromatic rings. The number of rotatable bonds is 6. The van der Waals surface area contributed by atoms with Crippen molar-refractivity contribution in [1.29, 1.82) is 0 Å². The molecule has 5 nitrogen and oxygen atoms in total. The van der Waals surface area contributed by atoms with Crippen LogP contribution in [0.25, 0.3) is 0 Å². The molecule has 0 radical (unpaired) electrons. The molecule has 0 heterocycles. The second-order valence-corrected chi connectivity index (χ2v) is 7.38. The van der Waals surface area contributed by atoms with Gasteiger partial charge in [0.15, 0.2) is 0 Å². The van der Waals surface area contributed by atoms with Crippen LogP contribution in [0.1, 0.15) is 58.7 Å². The van der Waals surface area contributed by atoms with E-state index in [0.717, 1.165) is 5.56 Å². The summed E-state index contributed by atoms with van der Waals surface area (Å²) >= 11 is 0. The summed E-state index contributed by atoms with van der Waals surface area (Å²) in [6.07, 6.45) is 0. The van der Waals surface area contributed by atoms with Crippen molar-refractivity contribution in [3.8, 4) is 0 Å². The van der Waals surface area contributed by atoms with Gasteiger partial charge in [0, 0.05) is 12.6 Å². The van der Waals surface area contributed by atoms with Crippen LogP contribution in [0.5, 0.6) is 0 Å². The van der Waals surface area contributed by atoms with Gasteiger partial charge < -0.3 is 10.6 Å². The topological polar surface area (TPSA) is 70.2 Å². The molecule has 5 heteroatoms. The number of carbonyl (C=O) groups is 2. The highest BCUT2D eigenvalue weighted by molar-refractivity contribution is 5.95. The minimum Gasteiger partial charge on any atom is -0.338 e. The van der Waals surface area contributed by atoms with E-state index in [4.69, 9.17) is 0 Å². The van der Waals surface area contributed by atoms with Crippen molar-refractivity contribution in [3.63, 3.8) is 0 Å². The number of benzene rings is 1. The summed E-state index contributed by atoms with van der Waals surface area (Å²) in [6.45, 7) is 13.2. The first kappa shape index (κ1) is 20.2. The van der Waals surface area contributed by atoms with Crippen molar-refractivity contribution in [1.82, 2.24) is 16.0 Å². The van der Waals surface area contributed by atoms with Crippen LogP contribution in [0.15, 0.2) is 24.3 Å². The Balaban J connectivity index is 2.71.